The minimum absolute atomic E-state index is 0.0885. The van der Waals surface area contributed by atoms with Crippen molar-refractivity contribution in [1.29, 1.82) is 0 Å². The van der Waals surface area contributed by atoms with Gasteiger partial charge in [-0.3, -0.25) is 9.48 Å². The lowest BCUT2D eigenvalue weighted by Crippen LogP contribution is -2.47. The highest BCUT2D eigenvalue weighted by molar-refractivity contribution is 7.89. The minimum atomic E-state index is -3.74. The molecule has 1 saturated heterocycles. The van der Waals surface area contributed by atoms with Crippen LogP contribution in [-0.2, 0) is 21.8 Å². The summed E-state index contributed by atoms with van der Waals surface area (Å²) in [5.41, 5.74) is 1.57. The normalized spacial score (nSPS) is 15.7. The first kappa shape index (κ1) is 26.0. The summed E-state index contributed by atoms with van der Waals surface area (Å²) in [6.07, 6.45) is 0.634. The summed E-state index contributed by atoms with van der Waals surface area (Å²) >= 11 is 0. The molecule has 188 valence electrons. The third-order valence-electron chi connectivity index (χ3n) is 6.04. The second-order valence-electron chi connectivity index (χ2n) is 10.2. The second kappa shape index (κ2) is 9.58. The molecular formula is C24H36N4O5S. The first-order chi connectivity index (χ1) is 15.7. The van der Waals surface area contributed by atoms with E-state index in [1.54, 1.807) is 26.4 Å². The monoisotopic (exact) mass is 492 g/mol. The molecule has 2 heterocycles. The average Bonchev–Trinajstić information content (AvgIpc) is 2.95. The number of likely N-dealkylation sites (tertiary alicyclic amines) is 1. The van der Waals surface area contributed by atoms with Gasteiger partial charge in [-0.15, -0.1) is 0 Å². The molecule has 0 bridgehead atoms. The van der Waals surface area contributed by atoms with E-state index >= 15 is 0 Å². The van der Waals surface area contributed by atoms with E-state index in [0.29, 0.717) is 31.6 Å². The van der Waals surface area contributed by atoms with E-state index in [-0.39, 0.29) is 28.5 Å². The van der Waals surface area contributed by atoms with Crippen molar-refractivity contribution in [3.05, 3.63) is 45.9 Å². The van der Waals surface area contributed by atoms with Crippen LogP contribution in [0.1, 0.15) is 64.6 Å². The first-order valence-electron chi connectivity index (χ1n) is 11.6. The van der Waals surface area contributed by atoms with Crippen molar-refractivity contribution < 1.29 is 17.9 Å². The summed E-state index contributed by atoms with van der Waals surface area (Å²) in [4.78, 5) is 26.9. The van der Waals surface area contributed by atoms with Crippen LogP contribution < -0.4 is 10.3 Å². The summed E-state index contributed by atoms with van der Waals surface area (Å²) < 4.78 is 37.4. The van der Waals surface area contributed by atoms with E-state index in [4.69, 9.17) is 4.74 Å². The number of aromatic nitrogens is 2. The number of carbonyl (C=O) groups is 1. The molecule has 0 radical (unpaired) electrons. The zero-order chi connectivity index (χ0) is 25.4. The number of nitrogens with one attached hydrogen (secondary N) is 1. The Morgan fingerprint density at radius 3 is 2.15 bits per heavy atom. The van der Waals surface area contributed by atoms with Crippen molar-refractivity contribution in [2.45, 2.75) is 76.8 Å². The van der Waals surface area contributed by atoms with Crippen LogP contribution in [0, 0.1) is 6.92 Å². The Bertz CT molecular complexity index is 1200. The number of benzene rings is 1. The minimum Gasteiger partial charge on any atom is -0.444 e. The fourth-order valence-electron chi connectivity index (χ4n) is 4.24. The van der Waals surface area contributed by atoms with Gasteiger partial charge in [0.1, 0.15) is 5.60 Å². The van der Waals surface area contributed by atoms with Gasteiger partial charge in [-0.2, -0.15) is 0 Å². The zero-order valence-corrected chi connectivity index (χ0v) is 21.9. The Hall–Kier alpha value is -2.59. The third kappa shape index (κ3) is 5.55. The summed E-state index contributed by atoms with van der Waals surface area (Å²) in [5, 5.41) is 0. The molecule has 10 heteroatoms. The fourth-order valence-corrected chi connectivity index (χ4v) is 5.55. The molecule has 0 unspecified atom stereocenters. The number of sulfonamides is 1. The number of hydrogen-bond donors (Lipinski definition) is 1. The molecule has 1 N–H and O–H groups in total. The lowest BCUT2D eigenvalue weighted by atomic mass is 10.0. The van der Waals surface area contributed by atoms with Crippen molar-refractivity contribution in [3.63, 3.8) is 0 Å². The summed E-state index contributed by atoms with van der Waals surface area (Å²) in [6, 6.07) is 6.04. The molecule has 1 amide bonds. The topological polar surface area (TPSA) is 103 Å². The summed E-state index contributed by atoms with van der Waals surface area (Å²) in [5.74, 6) is 0.0885. The molecule has 1 aromatic heterocycles. The van der Waals surface area contributed by atoms with Gasteiger partial charge >= 0.3 is 6.09 Å². The lowest BCUT2D eigenvalue weighted by molar-refractivity contribution is 0.0203. The van der Waals surface area contributed by atoms with Crippen LogP contribution in [0.4, 0.5) is 4.79 Å². The van der Waals surface area contributed by atoms with Crippen molar-refractivity contribution >= 4 is 16.1 Å². The zero-order valence-electron chi connectivity index (χ0n) is 21.1. The predicted molar refractivity (Wildman–Crippen MR) is 131 cm³/mol. The number of rotatable bonds is 5. The third-order valence-corrected chi connectivity index (χ3v) is 7.57. The van der Waals surface area contributed by atoms with Crippen LogP contribution in [0.5, 0.6) is 0 Å². The standard InChI is InChI=1S/C24H36N4O5S/c1-16(2)21-17(3)26(7)28(22(21)29)19-8-10-20(11-9-19)34(31,32)25-18-12-14-27(15-13-18)23(30)33-24(4,5)6/h8-11,16,18,25H,12-15H2,1-7H3. The molecule has 0 spiro atoms. The molecule has 1 aromatic carbocycles. The van der Waals surface area contributed by atoms with Gasteiger partial charge in [0.05, 0.1) is 10.6 Å². The number of amides is 1. The molecule has 3 rings (SSSR count). The van der Waals surface area contributed by atoms with Crippen LogP contribution in [-0.4, -0.2) is 53.5 Å². The maximum absolute atomic E-state index is 12.9. The first-order valence-corrected chi connectivity index (χ1v) is 13.1. The van der Waals surface area contributed by atoms with Crippen molar-refractivity contribution in [1.82, 2.24) is 19.0 Å². The molecule has 34 heavy (non-hydrogen) atoms. The van der Waals surface area contributed by atoms with E-state index < -0.39 is 15.6 Å². The van der Waals surface area contributed by atoms with Crippen LogP contribution in [0.15, 0.2) is 34.0 Å². The van der Waals surface area contributed by atoms with Crippen LogP contribution >= 0.6 is 0 Å². The van der Waals surface area contributed by atoms with Crippen LogP contribution in [0.3, 0.4) is 0 Å². The van der Waals surface area contributed by atoms with E-state index in [2.05, 4.69) is 4.72 Å². The molecule has 1 aliphatic rings. The Labute approximate surface area is 201 Å². The van der Waals surface area contributed by atoms with Crippen molar-refractivity contribution in [2.75, 3.05) is 13.1 Å². The van der Waals surface area contributed by atoms with E-state index in [9.17, 15) is 18.0 Å². The Morgan fingerprint density at radius 2 is 1.68 bits per heavy atom. The largest absolute Gasteiger partial charge is 0.444 e. The van der Waals surface area contributed by atoms with Gasteiger partial charge in [-0.1, -0.05) is 13.8 Å². The van der Waals surface area contributed by atoms with Gasteiger partial charge in [0, 0.05) is 37.4 Å². The molecule has 0 saturated carbocycles. The van der Waals surface area contributed by atoms with Crippen molar-refractivity contribution in [3.8, 4) is 5.69 Å². The lowest BCUT2D eigenvalue weighted by Gasteiger charge is -2.33. The Kier molecular flexibility index (Phi) is 7.33. The number of hydrogen-bond acceptors (Lipinski definition) is 5. The number of ether oxygens (including phenoxy) is 1. The molecule has 9 nitrogen and oxygen atoms in total. The van der Waals surface area contributed by atoms with Gasteiger partial charge in [0.2, 0.25) is 10.0 Å². The van der Waals surface area contributed by atoms with Crippen molar-refractivity contribution in [2.24, 2.45) is 7.05 Å². The molecule has 2 aromatic rings. The Balaban J connectivity index is 1.70. The van der Waals surface area contributed by atoms with E-state index in [1.165, 1.54) is 12.1 Å². The van der Waals surface area contributed by atoms with Gasteiger partial charge in [-0.25, -0.2) is 22.6 Å². The predicted octanol–water partition coefficient (Wildman–Crippen LogP) is 3.29. The number of piperidine rings is 1. The van der Waals surface area contributed by atoms with Crippen LogP contribution in [0.2, 0.25) is 0 Å². The molecular weight excluding hydrogens is 456 g/mol. The highest BCUT2D eigenvalue weighted by Crippen LogP contribution is 2.20. The average molecular weight is 493 g/mol. The van der Waals surface area contributed by atoms with Gasteiger partial charge < -0.3 is 9.64 Å². The van der Waals surface area contributed by atoms with Gasteiger partial charge in [0.15, 0.2) is 0 Å². The van der Waals surface area contributed by atoms with Gasteiger partial charge in [0.25, 0.3) is 5.56 Å². The van der Waals surface area contributed by atoms with Crippen LogP contribution in [0.25, 0.3) is 5.69 Å². The molecule has 1 fully saturated rings. The van der Waals surface area contributed by atoms with Gasteiger partial charge in [-0.05, 0) is 70.7 Å². The fraction of sp³-hybridized carbons (Fsp3) is 0.583. The maximum Gasteiger partial charge on any atom is 0.410 e. The van der Waals surface area contributed by atoms with E-state index in [0.717, 1.165) is 11.3 Å². The number of carbonyl (C=O) groups excluding carboxylic acids is 1. The highest BCUT2D eigenvalue weighted by atomic mass is 32.2. The molecule has 0 atom stereocenters. The maximum atomic E-state index is 12.9. The Morgan fingerprint density at radius 1 is 1.12 bits per heavy atom. The smallest absolute Gasteiger partial charge is 0.410 e. The second-order valence-corrected chi connectivity index (χ2v) is 11.9. The summed E-state index contributed by atoms with van der Waals surface area (Å²) in [6.45, 7) is 12.2. The molecule has 1 aliphatic heterocycles. The quantitative estimate of drug-likeness (QED) is 0.690. The van der Waals surface area contributed by atoms with E-state index in [1.807, 2.05) is 48.6 Å². The highest BCUT2D eigenvalue weighted by Gasteiger charge is 2.29. The number of nitrogens with zero attached hydrogens (tertiary/aromatic N) is 3. The summed E-state index contributed by atoms with van der Waals surface area (Å²) in [7, 11) is -1.92. The molecule has 0 aliphatic carbocycles. The SMILES string of the molecule is Cc1c(C(C)C)c(=O)n(-c2ccc(S(=O)(=O)NC3CCN(C(=O)OC(C)(C)C)CC3)cc2)n1C.